The van der Waals surface area contributed by atoms with Crippen molar-refractivity contribution in [3.8, 4) is 0 Å². The predicted molar refractivity (Wildman–Crippen MR) is 114 cm³/mol. The average Bonchev–Trinajstić information content (AvgIpc) is 2.71. The van der Waals surface area contributed by atoms with Crippen LogP contribution in [0.2, 0.25) is 0 Å². The topological polar surface area (TPSA) is 32.3 Å². The molecule has 0 aliphatic heterocycles. The normalized spacial score (nSPS) is 11.4. The summed E-state index contributed by atoms with van der Waals surface area (Å²) in [7, 11) is 0. The highest BCUT2D eigenvalue weighted by atomic mass is 16.1. The molecular formula is C24H24N2O. The molecule has 0 unspecified atom stereocenters. The van der Waals surface area contributed by atoms with Crippen LogP contribution in [0.1, 0.15) is 18.4 Å². The molecule has 3 heteroatoms. The molecule has 0 saturated carbocycles. The highest BCUT2D eigenvalue weighted by molar-refractivity contribution is 5.88. The zero-order valence-electron chi connectivity index (χ0n) is 15.5. The van der Waals surface area contributed by atoms with E-state index in [0.29, 0.717) is 0 Å². The van der Waals surface area contributed by atoms with Gasteiger partial charge in [-0.05, 0) is 42.0 Å². The lowest BCUT2D eigenvalue weighted by molar-refractivity contribution is -0.114. The number of amides is 1. The van der Waals surface area contributed by atoms with Gasteiger partial charge in [0.1, 0.15) is 0 Å². The Kier molecular flexibility index (Phi) is 6.06. The molecule has 0 heterocycles. The van der Waals surface area contributed by atoms with Crippen LogP contribution in [0.25, 0.3) is 0 Å². The number of carbonyl (C=O) groups is 1. The Balaban J connectivity index is 1.87. The zero-order chi connectivity index (χ0) is 19.1. The molecular weight excluding hydrogens is 332 g/mol. The molecule has 0 fully saturated rings. The van der Waals surface area contributed by atoms with Gasteiger partial charge in [-0.1, -0.05) is 54.6 Å². The van der Waals surface area contributed by atoms with Crippen LogP contribution in [-0.2, 0) is 4.79 Å². The van der Waals surface area contributed by atoms with Crippen molar-refractivity contribution in [1.29, 1.82) is 0 Å². The summed E-state index contributed by atoms with van der Waals surface area (Å²) in [5.41, 5.74) is 4.25. The molecule has 0 bridgehead atoms. The number of hydrogen-bond donors (Lipinski definition) is 1. The van der Waals surface area contributed by atoms with Crippen molar-refractivity contribution < 1.29 is 4.79 Å². The predicted octanol–water partition coefficient (Wildman–Crippen LogP) is 5.75. The first-order valence-electron chi connectivity index (χ1n) is 9.05. The highest BCUT2D eigenvalue weighted by Crippen LogP contribution is 2.29. The van der Waals surface area contributed by atoms with E-state index in [0.717, 1.165) is 29.2 Å². The Bertz CT molecular complexity index is 834. The van der Waals surface area contributed by atoms with Crippen molar-refractivity contribution in [2.24, 2.45) is 0 Å². The number of anilines is 3. The molecule has 0 aliphatic rings. The van der Waals surface area contributed by atoms with E-state index in [1.807, 2.05) is 42.5 Å². The van der Waals surface area contributed by atoms with Gasteiger partial charge < -0.3 is 10.2 Å². The summed E-state index contributed by atoms with van der Waals surface area (Å²) in [6, 6.07) is 28.7. The molecule has 0 aliphatic carbocycles. The molecule has 0 radical (unpaired) electrons. The molecule has 3 rings (SSSR count). The van der Waals surface area contributed by atoms with Crippen LogP contribution in [0, 0.1) is 0 Å². The first kappa shape index (κ1) is 18.5. The fourth-order valence-corrected chi connectivity index (χ4v) is 3.11. The quantitative estimate of drug-likeness (QED) is 0.546. The first-order chi connectivity index (χ1) is 13.2. The van der Waals surface area contributed by atoms with Crippen LogP contribution in [0.3, 0.4) is 0 Å². The summed E-state index contributed by atoms with van der Waals surface area (Å²) in [6.45, 7) is 6.34. The number of nitrogens with one attached hydrogen (secondary N) is 1. The SMILES string of the molecule is C=C[C@@H](CN(c1ccccc1)c1ccccc1)c1ccc(NC(C)=O)cc1. The van der Waals surface area contributed by atoms with Gasteiger partial charge in [0.25, 0.3) is 0 Å². The van der Waals surface area contributed by atoms with Crippen molar-refractivity contribution in [2.45, 2.75) is 12.8 Å². The molecule has 0 saturated heterocycles. The molecule has 3 nitrogen and oxygen atoms in total. The van der Waals surface area contributed by atoms with Crippen molar-refractivity contribution in [3.63, 3.8) is 0 Å². The second-order valence-corrected chi connectivity index (χ2v) is 6.43. The van der Waals surface area contributed by atoms with Crippen molar-refractivity contribution in [1.82, 2.24) is 0 Å². The van der Waals surface area contributed by atoms with E-state index >= 15 is 0 Å². The molecule has 0 spiro atoms. The molecule has 3 aromatic carbocycles. The van der Waals surface area contributed by atoms with Gasteiger partial charge in [-0.15, -0.1) is 6.58 Å². The Hall–Kier alpha value is -3.33. The van der Waals surface area contributed by atoms with E-state index in [1.165, 1.54) is 6.92 Å². The third-order valence-corrected chi connectivity index (χ3v) is 4.46. The molecule has 1 atom stereocenters. The lowest BCUT2D eigenvalue weighted by Gasteiger charge is -2.29. The minimum absolute atomic E-state index is 0.0673. The monoisotopic (exact) mass is 356 g/mol. The van der Waals surface area contributed by atoms with E-state index in [2.05, 4.69) is 65.3 Å². The summed E-state index contributed by atoms with van der Waals surface area (Å²) in [5, 5.41) is 2.81. The van der Waals surface area contributed by atoms with Crippen molar-refractivity contribution in [3.05, 3.63) is 103 Å². The number of rotatable bonds is 7. The summed E-state index contributed by atoms with van der Waals surface area (Å²) in [4.78, 5) is 13.5. The van der Waals surface area contributed by atoms with Crippen LogP contribution in [-0.4, -0.2) is 12.5 Å². The maximum absolute atomic E-state index is 11.2. The van der Waals surface area contributed by atoms with Crippen LogP contribution >= 0.6 is 0 Å². The molecule has 0 aromatic heterocycles. The largest absolute Gasteiger partial charge is 0.341 e. The standard InChI is InChI=1S/C24H24N2O/c1-3-20(21-14-16-22(17-15-21)25-19(2)27)18-26(23-10-6-4-7-11-23)24-12-8-5-9-13-24/h3-17,20H,1,18H2,2H3,(H,25,27)/t20-/m0/s1. The van der Waals surface area contributed by atoms with E-state index in [4.69, 9.17) is 0 Å². The fourth-order valence-electron chi connectivity index (χ4n) is 3.11. The molecule has 1 N–H and O–H groups in total. The summed E-state index contributed by atoms with van der Waals surface area (Å²) in [5.74, 6) is 0.0825. The number of benzene rings is 3. The summed E-state index contributed by atoms with van der Waals surface area (Å²) in [6.07, 6.45) is 1.98. The third kappa shape index (κ3) is 4.85. The Labute approximate surface area is 161 Å². The van der Waals surface area contributed by atoms with Crippen molar-refractivity contribution in [2.75, 3.05) is 16.8 Å². The maximum Gasteiger partial charge on any atom is 0.221 e. The maximum atomic E-state index is 11.2. The number of para-hydroxylation sites is 2. The van der Waals surface area contributed by atoms with Gasteiger partial charge in [0, 0.05) is 36.4 Å². The van der Waals surface area contributed by atoms with Crippen LogP contribution in [0.5, 0.6) is 0 Å². The number of nitrogens with zero attached hydrogens (tertiary/aromatic N) is 1. The lowest BCUT2D eigenvalue weighted by atomic mass is 9.97. The Morgan fingerprint density at radius 3 is 1.89 bits per heavy atom. The van der Waals surface area contributed by atoms with Gasteiger partial charge in [-0.2, -0.15) is 0 Å². The minimum atomic E-state index is -0.0673. The van der Waals surface area contributed by atoms with E-state index < -0.39 is 0 Å². The molecule has 27 heavy (non-hydrogen) atoms. The average molecular weight is 356 g/mol. The minimum Gasteiger partial charge on any atom is -0.341 e. The number of hydrogen-bond acceptors (Lipinski definition) is 2. The summed E-state index contributed by atoms with van der Waals surface area (Å²) >= 11 is 0. The van der Waals surface area contributed by atoms with Gasteiger partial charge in [-0.3, -0.25) is 4.79 Å². The van der Waals surface area contributed by atoms with Gasteiger partial charge in [0.15, 0.2) is 0 Å². The summed E-state index contributed by atoms with van der Waals surface area (Å²) < 4.78 is 0. The van der Waals surface area contributed by atoms with Crippen molar-refractivity contribution >= 4 is 23.0 Å². The van der Waals surface area contributed by atoms with E-state index in [1.54, 1.807) is 0 Å². The van der Waals surface area contributed by atoms with Gasteiger partial charge in [-0.25, -0.2) is 0 Å². The smallest absolute Gasteiger partial charge is 0.221 e. The number of carbonyl (C=O) groups excluding carboxylic acids is 1. The second kappa shape index (κ2) is 8.86. The Morgan fingerprint density at radius 1 is 0.926 bits per heavy atom. The van der Waals surface area contributed by atoms with Crippen LogP contribution in [0.4, 0.5) is 17.1 Å². The van der Waals surface area contributed by atoms with Gasteiger partial charge in [0.05, 0.1) is 0 Å². The van der Waals surface area contributed by atoms with Crippen LogP contribution < -0.4 is 10.2 Å². The Morgan fingerprint density at radius 2 is 1.44 bits per heavy atom. The lowest BCUT2D eigenvalue weighted by Crippen LogP contribution is -2.23. The highest BCUT2D eigenvalue weighted by Gasteiger charge is 2.16. The molecule has 1 amide bonds. The fraction of sp³-hybridized carbons (Fsp3) is 0.125. The molecule has 136 valence electrons. The second-order valence-electron chi connectivity index (χ2n) is 6.43. The molecule has 3 aromatic rings. The zero-order valence-corrected chi connectivity index (χ0v) is 15.5. The first-order valence-corrected chi connectivity index (χ1v) is 9.05. The van der Waals surface area contributed by atoms with Gasteiger partial charge in [0.2, 0.25) is 5.91 Å². The van der Waals surface area contributed by atoms with Crippen LogP contribution in [0.15, 0.2) is 97.6 Å². The van der Waals surface area contributed by atoms with E-state index in [-0.39, 0.29) is 11.8 Å². The van der Waals surface area contributed by atoms with Gasteiger partial charge >= 0.3 is 0 Å². The third-order valence-electron chi connectivity index (χ3n) is 4.46. The van der Waals surface area contributed by atoms with E-state index in [9.17, 15) is 4.79 Å².